The van der Waals surface area contributed by atoms with Gasteiger partial charge in [-0.1, -0.05) is 42.4 Å². The Morgan fingerprint density at radius 2 is 1.78 bits per heavy atom. The van der Waals surface area contributed by atoms with Crippen molar-refractivity contribution in [3.63, 3.8) is 0 Å². The van der Waals surface area contributed by atoms with Crippen LogP contribution in [0.5, 0.6) is 0 Å². The molecule has 4 aliphatic rings. The van der Waals surface area contributed by atoms with Gasteiger partial charge in [0.15, 0.2) is 5.82 Å². The Labute approximate surface area is 341 Å². The standard InChI is InChI=1S/C45H48N10O4/c1-25-20-28(6-10-33(25)26(2)48-42(58)43-52-44(53-59-43)45(3)14-15-45)39-38-34-11-9-31(23-36(34)50-40(38)47-24-46-39)54-16-18-55(19-17-54)32-21-29(22-32)27-4-7-30(8-5-27)49-35-12-13-37(56)51-41(35)57/h4-11,20,23-24,26,29,32,35,49H,12-19,21-22H2,1-3H3,(H,48,58)(H,46,47,50)(H,51,56,57)/t26-,29-,32-,35+/m1/s1. The van der Waals surface area contributed by atoms with Crippen molar-refractivity contribution in [2.45, 2.75) is 88.8 Å². The van der Waals surface area contributed by atoms with E-state index in [1.165, 1.54) is 11.3 Å². The highest BCUT2D eigenvalue weighted by atomic mass is 16.5. The molecule has 2 saturated carbocycles. The van der Waals surface area contributed by atoms with Crippen LogP contribution in [0.2, 0.25) is 0 Å². The molecule has 10 rings (SSSR count). The van der Waals surface area contributed by atoms with Crippen molar-refractivity contribution in [3.8, 4) is 11.3 Å². The molecule has 6 aromatic rings. The van der Waals surface area contributed by atoms with Gasteiger partial charge in [-0.05, 0) is 98.9 Å². The van der Waals surface area contributed by atoms with Crippen LogP contribution < -0.4 is 20.9 Å². The molecular weight excluding hydrogens is 745 g/mol. The predicted octanol–water partition coefficient (Wildman–Crippen LogP) is 6.30. The second-order valence-electron chi connectivity index (χ2n) is 17.2. The lowest BCUT2D eigenvalue weighted by molar-refractivity contribution is -0.133. The highest BCUT2D eigenvalue weighted by Gasteiger charge is 2.44. The van der Waals surface area contributed by atoms with E-state index in [0.29, 0.717) is 30.6 Å². The fourth-order valence-corrected chi connectivity index (χ4v) is 9.14. The Bertz CT molecular complexity index is 2600. The van der Waals surface area contributed by atoms with E-state index < -0.39 is 0 Å². The number of nitrogens with zero attached hydrogens (tertiary/aromatic N) is 6. The van der Waals surface area contributed by atoms with Gasteiger partial charge in [-0.25, -0.2) is 9.97 Å². The first kappa shape index (κ1) is 37.1. The number of piperidine rings is 1. The number of imide groups is 1. The number of fused-ring (bicyclic) bond motifs is 3. The van der Waals surface area contributed by atoms with Gasteiger partial charge in [-0.3, -0.25) is 24.6 Å². The van der Waals surface area contributed by atoms with Gasteiger partial charge < -0.3 is 25.0 Å². The number of hydrogen-bond donors (Lipinski definition) is 4. The quantitative estimate of drug-likeness (QED) is 0.115. The molecule has 14 heteroatoms. The zero-order valence-corrected chi connectivity index (χ0v) is 33.5. The normalized spacial score (nSPS) is 22.2. The highest BCUT2D eigenvalue weighted by molar-refractivity contribution is 6.12. The molecule has 3 aromatic heterocycles. The third-order valence-corrected chi connectivity index (χ3v) is 13.2. The minimum absolute atomic E-state index is 0.00506. The van der Waals surface area contributed by atoms with Crippen molar-refractivity contribution in [1.82, 2.24) is 40.6 Å². The number of hydrogen-bond acceptors (Lipinski definition) is 11. The minimum atomic E-state index is -0.378. The molecule has 2 aliphatic carbocycles. The molecule has 59 heavy (non-hydrogen) atoms. The van der Waals surface area contributed by atoms with Crippen LogP contribution in [0, 0.1) is 6.92 Å². The summed E-state index contributed by atoms with van der Waals surface area (Å²) in [5.74, 6) is 0.314. The zero-order valence-electron chi connectivity index (χ0n) is 33.5. The molecule has 302 valence electrons. The average molecular weight is 793 g/mol. The van der Waals surface area contributed by atoms with Crippen LogP contribution in [0.1, 0.15) is 97.5 Å². The summed E-state index contributed by atoms with van der Waals surface area (Å²) in [6.45, 7) is 10.1. The van der Waals surface area contributed by atoms with Crippen molar-refractivity contribution in [2.24, 2.45) is 0 Å². The number of aromatic nitrogens is 5. The van der Waals surface area contributed by atoms with Gasteiger partial charge in [0.05, 0.1) is 17.1 Å². The number of rotatable bonds is 10. The van der Waals surface area contributed by atoms with Gasteiger partial charge in [0.25, 0.3) is 0 Å². The molecule has 2 aliphatic heterocycles. The van der Waals surface area contributed by atoms with Gasteiger partial charge in [0, 0.05) is 71.9 Å². The maximum atomic E-state index is 13.0. The number of carbonyl (C=O) groups is 3. The molecule has 0 unspecified atom stereocenters. The molecule has 2 atom stereocenters. The molecule has 5 heterocycles. The van der Waals surface area contributed by atoms with Crippen LogP contribution in [0.25, 0.3) is 33.2 Å². The first-order chi connectivity index (χ1) is 28.6. The smallest absolute Gasteiger partial charge is 0.315 e. The summed E-state index contributed by atoms with van der Waals surface area (Å²) in [7, 11) is 0. The molecule has 4 fully saturated rings. The highest BCUT2D eigenvalue weighted by Crippen LogP contribution is 2.46. The topological polar surface area (TPSA) is 174 Å². The van der Waals surface area contributed by atoms with E-state index in [4.69, 9.17) is 9.51 Å². The predicted molar refractivity (Wildman–Crippen MR) is 224 cm³/mol. The number of nitrogens with one attached hydrogen (secondary N) is 4. The SMILES string of the molecule is Cc1cc(-c2ncnc3[nH]c4cc(N5CCN([C@H]6C[C@H](c7ccc(N[C@H]8CCC(=O)NC8=O)cc7)C6)CC5)ccc4c23)ccc1[C@@H](C)NC(=O)c1nc(C2(C)CC2)no1. The number of piperazine rings is 1. The second-order valence-corrected chi connectivity index (χ2v) is 17.2. The van der Waals surface area contributed by atoms with Crippen LogP contribution in [0.4, 0.5) is 11.4 Å². The van der Waals surface area contributed by atoms with E-state index in [-0.39, 0.29) is 41.1 Å². The summed E-state index contributed by atoms with van der Waals surface area (Å²) in [5.41, 5.74) is 9.08. The van der Waals surface area contributed by atoms with E-state index in [0.717, 1.165) is 102 Å². The Balaban J connectivity index is 0.761. The van der Waals surface area contributed by atoms with Crippen LogP contribution in [-0.4, -0.2) is 86.0 Å². The second kappa shape index (κ2) is 14.6. The zero-order chi connectivity index (χ0) is 40.4. The lowest BCUT2D eigenvalue weighted by Gasteiger charge is -2.47. The molecular formula is C45H48N10O4. The first-order valence-electron chi connectivity index (χ1n) is 20.8. The molecule has 3 amide bonds. The van der Waals surface area contributed by atoms with Crippen molar-refractivity contribution in [2.75, 3.05) is 36.4 Å². The molecule has 2 saturated heterocycles. The lowest BCUT2D eigenvalue weighted by atomic mass is 9.75. The van der Waals surface area contributed by atoms with Crippen LogP contribution >= 0.6 is 0 Å². The maximum absolute atomic E-state index is 13.0. The van der Waals surface area contributed by atoms with E-state index >= 15 is 0 Å². The molecule has 3 aromatic carbocycles. The Kier molecular flexibility index (Phi) is 9.19. The lowest BCUT2D eigenvalue weighted by Crippen LogP contribution is -2.53. The van der Waals surface area contributed by atoms with Crippen LogP contribution in [0.15, 0.2) is 71.5 Å². The van der Waals surface area contributed by atoms with E-state index in [1.807, 2.05) is 13.0 Å². The summed E-state index contributed by atoms with van der Waals surface area (Å²) in [5, 5.41) is 14.8. The minimum Gasteiger partial charge on any atom is -0.374 e. The summed E-state index contributed by atoms with van der Waals surface area (Å²) in [6, 6.07) is 21.3. The fourth-order valence-electron chi connectivity index (χ4n) is 9.14. The molecule has 0 spiro atoms. The van der Waals surface area contributed by atoms with Crippen LogP contribution in [-0.2, 0) is 15.0 Å². The number of aryl methyl sites for hydroxylation is 1. The van der Waals surface area contributed by atoms with Crippen molar-refractivity contribution < 1.29 is 18.9 Å². The summed E-state index contributed by atoms with van der Waals surface area (Å²) >= 11 is 0. The maximum Gasteiger partial charge on any atom is 0.315 e. The van der Waals surface area contributed by atoms with Crippen LogP contribution in [0.3, 0.4) is 0 Å². The monoisotopic (exact) mass is 792 g/mol. The Hall–Kier alpha value is -6.15. The van der Waals surface area contributed by atoms with Gasteiger partial charge in [0.1, 0.15) is 18.0 Å². The van der Waals surface area contributed by atoms with Crippen molar-refractivity contribution in [3.05, 3.63) is 95.4 Å². The van der Waals surface area contributed by atoms with E-state index in [9.17, 15) is 14.4 Å². The average Bonchev–Trinajstić information content (AvgIpc) is 3.59. The summed E-state index contributed by atoms with van der Waals surface area (Å²) in [4.78, 5) is 59.0. The molecule has 0 bridgehead atoms. The van der Waals surface area contributed by atoms with E-state index in [1.54, 1.807) is 6.33 Å². The Morgan fingerprint density at radius 3 is 2.53 bits per heavy atom. The number of benzene rings is 3. The van der Waals surface area contributed by atoms with Gasteiger partial charge >= 0.3 is 11.8 Å². The Morgan fingerprint density at radius 1 is 0.983 bits per heavy atom. The molecule has 14 nitrogen and oxygen atoms in total. The third kappa shape index (κ3) is 7.09. The van der Waals surface area contributed by atoms with Gasteiger partial charge in [-0.15, -0.1) is 0 Å². The largest absolute Gasteiger partial charge is 0.374 e. The number of amides is 3. The third-order valence-electron chi connectivity index (χ3n) is 13.2. The molecule has 0 radical (unpaired) electrons. The number of aromatic amines is 1. The number of anilines is 2. The van der Waals surface area contributed by atoms with Crippen molar-refractivity contribution >= 4 is 51.0 Å². The molecule has 4 N–H and O–H groups in total. The van der Waals surface area contributed by atoms with E-state index in [2.05, 4.69) is 114 Å². The number of carbonyl (C=O) groups excluding carboxylic acids is 3. The van der Waals surface area contributed by atoms with Gasteiger partial charge in [0.2, 0.25) is 11.8 Å². The summed E-state index contributed by atoms with van der Waals surface area (Å²) < 4.78 is 5.29. The van der Waals surface area contributed by atoms with Crippen molar-refractivity contribution in [1.29, 1.82) is 0 Å². The van der Waals surface area contributed by atoms with Gasteiger partial charge in [-0.2, -0.15) is 4.98 Å². The fraction of sp³-hybridized carbons (Fsp3) is 0.400. The summed E-state index contributed by atoms with van der Waals surface area (Å²) in [6.07, 6.45) is 6.82. The number of H-pyrrole nitrogens is 1. The first-order valence-corrected chi connectivity index (χ1v) is 20.8.